The van der Waals surface area contributed by atoms with Gasteiger partial charge in [0.05, 0.1) is 0 Å². The molecule has 17 heavy (non-hydrogen) atoms. The molecule has 98 valence electrons. The molecule has 2 aliphatic rings. The molecule has 0 unspecified atom stereocenters. The summed E-state index contributed by atoms with van der Waals surface area (Å²) in [6.07, 6.45) is 8.48. The van der Waals surface area contributed by atoms with Crippen LogP contribution in [0.1, 0.15) is 51.9 Å². The number of carbonyl (C=O) groups is 1. The van der Waals surface area contributed by atoms with Gasteiger partial charge >= 0.3 is 0 Å². The van der Waals surface area contributed by atoms with Crippen LogP contribution in [0.5, 0.6) is 0 Å². The largest absolute Gasteiger partial charge is 0.340 e. The molecule has 0 aromatic carbocycles. The summed E-state index contributed by atoms with van der Waals surface area (Å²) < 4.78 is 0. The van der Waals surface area contributed by atoms with Crippen LogP contribution in [0.25, 0.3) is 0 Å². The first kappa shape index (κ1) is 12.9. The van der Waals surface area contributed by atoms with Crippen molar-refractivity contribution in [2.75, 3.05) is 19.6 Å². The molecule has 1 aliphatic carbocycles. The lowest BCUT2D eigenvalue weighted by atomic mass is 9.91. The summed E-state index contributed by atoms with van der Waals surface area (Å²) in [6.45, 7) is 5.05. The van der Waals surface area contributed by atoms with Crippen molar-refractivity contribution < 1.29 is 4.79 Å². The first-order valence-corrected chi connectivity index (χ1v) is 7.34. The quantitative estimate of drug-likeness (QED) is 0.817. The maximum Gasteiger partial charge on any atom is 0.226 e. The average molecular weight is 238 g/mol. The molecule has 1 saturated carbocycles. The van der Waals surface area contributed by atoms with Crippen LogP contribution in [0.3, 0.4) is 0 Å². The number of rotatable bonds is 3. The number of hydrogen-bond donors (Lipinski definition) is 1. The Labute approximate surface area is 105 Å². The topological polar surface area (TPSA) is 32.3 Å². The highest BCUT2D eigenvalue weighted by Gasteiger charge is 2.30. The average Bonchev–Trinajstić information content (AvgIpc) is 2.42. The van der Waals surface area contributed by atoms with Crippen molar-refractivity contribution in [1.82, 2.24) is 10.2 Å². The summed E-state index contributed by atoms with van der Waals surface area (Å²) in [4.78, 5) is 14.7. The Morgan fingerprint density at radius 3 is 2.35 bits per heavy atom. The van der Waals surface area contributed by atoms with Crippen molar-refractivity contribution in [2.45, 2.75) is 57.9 Å². The molecule has 1 saturated heterocycles. The molecule has 0 aromatic heterocycles. The SMILES string of the molecule is CCN(C(=O)C1CCNCC1)C1CCCCC1. The Morgan fingerprint density at radius 1 is 1.12 bits per heavy atom. The predicted octanol–water partition coefficient (Wildman–Crippen LogP) is 2.17. The van der Waals surface area contributed by atoms with Gasteiger partial charge in [0.25, 0.3) is 0 Å². The lowest BCUT2D eigenvalue weighted by molar-refractivity contribution is -0.139. The van der Waals surface area contributed by atoms with Crippen molar-refractivity contribution in [2.24, 2.45) is 5.92 Å². The second-order valence-corrected chi connectivity index (χ2v) is 5.44. The first-order chi connectivity index (χ1) is 8.33. The summed E-state index contributed by atoms with van der Waals surface area (Å²) in [5.74, 6) is 0.721. The van der Waals surface area contributed by atoms with Gasteiger partial charge in [-0.25, -0.2) is 0 Å². The standard InChI is InChI=1S/C14H26N2O/c1-2-16(13-6-4-3-5-7-13)14(17)12-8-10-15-11-9-12/h12-13,15H,2-11H2,1H3. The van der Waals surface area contributed by atoms with Gasteiger partial charge in [0.1, 0.15) is 0 Å². The zero-order valence-electron chi connectivity index (χ0n) is 11.1. The molecular weight excluding hydrogens is 212 g/mol. The van der Waals surface area contributed by atoms with E-state index in [1.165, 1.54) is 32.1 Å². The smallest absolute Gasteiger partial charge is 0.226 e. The number of nitrogens with zero attached hydrogens (tertiary/aromatic N) is 1. The normalized spacial score (nSPS) is 23.6. The molecule has 0 atom stereocenters. The molecule has 3 nitrogen and oxygen atoms in total. The maximum atomic E-state index is 12.5. The van der Waals surface area contributed by atoms with Gasteiger partial charge in [0.15, 0.2) is 0 Å². The summed E-state index contributed by atoms with van der Waals surface area (Å²) >= 11 is 0. The van der Waals surface area contributed by atoms with E-state index >= 15 is 0 Å². The molecule has 0 aromatic rings. The minimum absolute atomic E-state index is 0.290. The van der Waals surface area contributed by atoms with E-state index in [0.717, 1.165) is 32.5 Å². The van der Waals surface area contributed by atoms with Crippen LogP contribution in [-0.4, -0.2) is 36.5 Å². The third-order valence-corrected chi connectivity index (χ3v) is 4.33. The van der Waals surface area contributed by atoms with E-state index in [9.17, 15) is 4.79 Å². The van der Waals surface area contributed by atoms with Crippen LogP contribution in [0, 0.1) is 5.92 Å². The zero-order chi connectivity index (χ0) is 12.1. The minimum atomic E-state index is 0.290. The van der Waals surface area contributed by atoms with Crippen LogP contribution < -0.4 is 5.32 Å². The molecule has 1 heterocycles. The van der Waals surface area contributed by atoms with Gasteiger partial charge in [-0.1, -0.05) is 19.3 Å². The van der Waals surface area contributed by atoms with E-state index in [2.05, 4.69) is 17.1 Å². The number of piperidine rings is 1. The predicted molar refractivity (Wildman–Crippen MR) is 69.9 cm³/mol. The molecule has 1 N–H and O–H groups in total. The molecule has 1 aliphatic heterocycles. The van der Waals surface area contributed by atoms with Gasteiger partial charge < -0.3 is 10.2 Å². The summed E-state index contributed by atoms with van der Waals surface area (Å²) in [5.41, 5.74) is 0. The van der Waals surface area contributed by atoms with E-state index in [-0.39, 0.29) is 5.92 Å². The highest BCUT2D eigenvalue weighted by atomic mass is 16.2. The zero-order valence-corrected chi connectivity index (χ0v) is 11.1. The summed E-state index contributed by atoms with van der Waals surface area (Å²) in [7, 11) is 0. The Morgan fingerprint density at radius 2 is 1.76 bits per heavy atom. The highest BCUT2D eigenvalue weighted by Crippen LogP contribution is 2.25. The van der Waals surface area contributed by atoms with E-state index in [4.69, 9.17) is 0 Å². The molecule has 2 rings (SSSR count). The lowest BCUT2D eigenvalue weighted by Gasteiger charge is -2.36. The second kappa shape index (κ2) is 6.39. The summed E-state index contributed by atoms with van der Waals surface area (Å²) in [6, 6.07) is 0.538. The van der Waals surface area contributed by atoms with E-state index in [0.29, 0.717) is 11.9 Å². The number of amides is 1. The lowest BCUT2D eigenvalue weighted by Crippen LogP contribution is -2.46. The Hall–Kier alpha value is -0.570. The number of hydrogen-bond acceptors (Lipinski definition) is 2. The maximum absolute atomic E-state index is 12.5. The Balaban J connectivity index is 1.93. The number of carbonyl (C=O) groups excluding carboxylic acids is 1. The van der Waals surface area contributed by atoms with Crippen LogP contribution in [-0.2, 0) is 4.79 Å². The van der Waals surface area contributed by atoms with Gasteiger partial charge in [-0.2, -0.15) is 0 Å². The van der Waals surface area contributed by atoms with Crippen molar-refractivity contribution in [3.8, 4) is 0 Å². The monoisotopic (exact) mass is 238 g/mol. The van der Waals surface area contributed by atoms with E-state index in [1.807, 2.05) is 0 Å². The van der Waals surface area contributed by atoms with Crippen LogP contribution >= 0.6 is 0 Å². The Bertz CT molecular complexity index is 243. The molecule has 2 fully saturated rings. The third-order valence-electron chi connectivity index (χ3n) is 4.33. The molecule has 0 radical (unpaired) electrons. The van der Waals surface area contributed by atoms with Gasteiger partial charge in [0.2, 0.25) is 5.91 Å². The van der Waals surface area contributed by atoms with Gasteiger partial charge in [-0.3, -0.25) is 4.79 Å². The van der Waals surface area contributed by atoms with Crippen LogP contribution in [0.15, 0.2) is 0 Å². The van der Waals surface area contributed by atoms with E-state index in [1.54, 1.807) is 0 Å². The fraction of sp³-hybridized carbons (Fsp3) is 0.929. The first-order valence-electron chi connectivity index (χ1n) is 7.34. The number of nitrogens with one attached hydrogen (secondary N) is 1. The second-order valence-electron chi connectivity index (χ2n) is 5.44. The molecular formula is C14H26N2O. The van der Waals surface area contributed by atoms with Crippen molar-refractivity contribution >= 4 is 5.91 Å². The van der Waals surface area contributed by atoms with Gasteiger partial charge in [-0.15, -0.1) is 0 Å². The van der Waals surface area contributed by atoms with Gasteiger partial charge in [-0.05, 0) is 45.7 Å². The van der Waals surface area contributed by atoms with Crippen molar-refractivity contribution in [3.63, 3.8) is 0 Å². The molecule has 0 bridgehead atoms. The molecule has 3 heteroatoms. The fourth-order valence-electron chi connectivity index (χ4n) is 3.29. The summed E-state index contributed by atoms with van der Waals surface area (Å²) in [5, 5.41) is 3.34. The Kier molecular flexibility index (Phi) is 4.84. The van der Waals surface area contributed by atoms with Gasteiger partial charge in [0, 0.05) is 18.5 Å². The van der Waals surface area contributed by atoms with Crippen molar-refractivity contribution in [1.29, 1.82) is 0 Å². The minimum Gasteiger partial charge on any atom is -0.340 e. The highest BCUT2D eigenvalue weighted by molar-refractivity contribution is 5.79. The van der Waals surface area contributed by atoms with Crippen molar-refractivity contribution in [3.05, 3.63) is 0 Å². The van der Waals surface area contributed by atoms with E-state index < -0.39 is 0 Å². The third kappa shape index (κ3) is 3.21. The molecule has 0 spiro atoms. The molecule has 1 amide bonds. The van der Waals surface area contributed by atoms with Crippen LogP contribution in [0.4, 0.5) is 0 Å². The fourth-order valence-corrected chi connectivity index (χ4v) is 3.29. The van der Waals surface area contributed by atoms with Crippen LogP contribution in [0.2, 0.25) is 0 Å².